The molecule has 6 nitrogen and oxygen atoms in total. The van der Waals surface area contributed by atoms with Crippen LogP contribution in [0.4, 0.5) is 5.82 Å². The summed E-state index contributed by atoms with van der Waals surface area (Å²) in [6.07, 6.45) is 0.392. The van der Waals surface area contributed by atoms with E-state index in [1.807, 2.05) is 54.3 Å². The van der Waals surface area contributed by atoms with E-state index in [4.69, 9.17) is 27.9 Å². The van der Waals surface area contributed by atoms with Crippen LogP contribution in [-0.4, -0.2) is 53.8 Å². The Morgan fingerprint density at radius 3 is 2.34 bits per heavy atom. The van der Waals surface area contributed by atoms with Gasteiger partial charge in [0, 0.05) is 36.8 Å². The Kier molecular flexibility index (Phi) is 7.12. The van der Waals surface area contributed by atoms with Crippen LogP contribution >= 0.6 is 23.2 Å². The van der Waals surface area contributed by atoms with E-state index in [1.54, 1.807) is 12.1 Å². The number of carbonyl (C=O) groups excluding carboxylic acids is 1. The van der Waals surface area contributed by atoms with Gasteiger partial charge in [-0.05, 0) is 55.0 Å². The van der Waals surface area contributed by atoms with Crippen molar-refractivity contribution in [3.63, 3.8) is 0 Å². The zero-order valence-electron chi connectivity index (χ0n) is 17.8. The van der Waals surface area contributed by atoms with Crippen molar-refractivity contribution < 1.29 is 9.53 Å². The largest absolute Gasteiger partial charge is 0.494 e. The van der Waals surface area contributed by atoms with Crippen LogP contribution in [0.5, 0.6) is 5.75 Å². The molecular formula is C24H24Cl2N4O2. The van der Waals surface area contributed by atoms with E-state index in [2.05, 4.69) is 15.1 Å². The summed E-state index contributed by atoms with van der Waals surface area (Å²) in [4.78, 5) is 16.7. The summed E-state index contributed by atoms with van der Waals surface area (Å²) in [6.45, 7) is 5.32. The number of piperazine rings is 1. The van der Waals surface area contributed by atoms with Crippen LogP contribution in [0.25, 0.3) is 11.3 Å². The number of rotatable bonds is 6. The molecule has 32 heavy (non-hydrogen) atoms. The number of benzene rings is 2. The van der Waals surface area contributed by atoms with E-state index in [1.165, 1.54) is 0 Å². The number of hydrogen-bond acceptors (Lipinski definition) is 5. The number of aromatic nitrogens is 2. The maximum Gasteiger partial charge on any atom is 0.227 e. The van der Waals surface area contributed by atoms with Crippen molar-refractivity contribution in [1.82, 2.24) is 15.1 Å². The molecule has 0 saturated carbocycles. The van der Waals surface area contributed by atoms with Gasteiger partial charge in [0.2, 0.25) is 5.91 Å². The molecule has 8 heteroatoms. The van der Waals surface area contributed by atoms with Crippen molar-refractivity contribution in [2.45, 2.75) is 13.3 Å². The Bertz CT molecular complexity index is 1070. The van der Waals surface area contributed by atoms with Gasteiger partial charge in [-0.2, -0.15) is 0 Å². The van der Waals surface area contributed by atoms with E-state index >= 15 is 0 Å². The molecule has 3 aromatic rings. The number of halogens is 2. The summed E-state index contributed by atoms with van der Waals surface area (Å²) in [5.74, 6) is 1.74. The third-order valence-corrected chi connectivity index (χ3v) is 5.95. The van der Waals surface area contributed by atoms with Gasteiger partial charge in [-0.1, -0.05) is 35.3 Å². The van der Waals surface area contributed by atoms with Gasteiger partial charge in [0.05, 0.1) is 23.7 Å². The van der Waals surface area contributed by atoms with Gasteiger partial charge >= 0.3 is 0 Å². The highest BCUT2D eigenvalue weighted by Crippen LogP contribution is 2.29. The minimum atomic E-state index is 0.132. The molecule has 0 spiro atoms. The second-order valence-electron chi connectivity index (χ2n) is 7.52. The van der Waals surface area contributed by atoms with Crippen LogP contribution in [-0.2, 0) is 11.2 Å². The summed E-state index contributed by atoms with van der Waals surface area (Å²) in [6, 6.07) is 16.9. The Morgan fingerprint density at radius 2 is 1.72 bits per heavy atom. The summed E-state index contributed by atoms with van der Waals surface area (Å²) in [7, 11) is 0. The highest BCUT2D eigenvalue weighted by Gasteiger charge is 2.22. The Balaban J connectivity index is 1.32. The first-order valence-electron chi connectivity index (χ1n) is 10.6. The van der Waals surface area contributed by atoms with Crippen molar-refractivity contribution in [1.29, 1.82) is 0 Å². The van der Waals surface area contributed by atoms with Gasteiger partial charge in [0.25, 0.3) is 0 Å². The standard InChI is InChI=1S/C24H24Cl2N4O2/c1-2-32-19-6-3-17(4-7-19)15-24(31)30-13-11-29(12-14-30)23-10-9-22(27-28-23)20-8-5-18(25)16-21(20)26/h3-10,16H,2,11-15H2,1H3. The minimum Gasteiger partial charge on any atom is -0.494 e. The van der Waals surface area contributed by atoms with Crippen LogP contribution < -0.4 is 9.64 Å². The molecule has 0 atom stereocenters. The Hall–Kier alpha value is -2.83. The van der Waals surface area contributed by atoms with Crippen molar-refractivity contribution in [2.75, 3.05) is 37.7 Å². The zero-order valence-corrected chi connectivity index (χ0v) is 19.3. The van der Waals surface area contributed by atoms with E-state index in [0.717, 1.165) is 22.7 Å². The molecule has 0 radical (unpaired) electrons. The van der Waals surface area contributed by atoms with Gasteiger partial charge < -0.3 is 14.5 Å². The molecule has 1 aliphatic heterocycles. The van der Waals surface area contributed by atoms with E-state index in [0.29, 0.717) is 54.9 Å². The number of ether oxygens (including phenoxy) is 1. The molecule has 1 aliphatic rings. The highest BCUT2D eigenvalue weighted by atomic mass is 35.5. The zero-order chi connectivity index (χ0) is 22.5. The van der Waals surface area contributed by atoms with Gasteiger partial charge in [0.1, 0.15) is 5.75 Å². The molecule has 166 valence electrons. The molecule has 0 aliphatic carbocycles. The van der Waals surface area contributed by atoms with Crippen LogP contribution in [0.15, 0.2) is 54.6 Å². The molecule has 1 fully saturated rings. The maximum atomic E-state index is 12.7. The molecule has 1 amide bonds. The number of hydrogen-bond donors (Lipinski definition) is 0. The smallest absolute Gasteiger partial charge is 0.227 e. The average Bonchev–Trinajstić information content (AvgIpc) is 2.81. The lowest BCUT2D eigenvalue weighted by Crippen LogP contribution is -2.49. The summed E-state index contributed by atoms with van der Waals surface area (Å²) in [5.41, 5.74) is 2.47. The molecular weight excluding hydrogens is 447 g/mol. The topological polar surface area (TPSA) is 58.6 Å². The van der Waals surface area contributed by atoms with Crippen molar-refractivity contribution in [2.24, 2.45) is 0 Å². The average molecular weight is 471 g/mol. The quantitative estimate of drug-likeness (QED) is 0.520. The number of anilines is 1. The fraction of sp³-hybridized carbons (Fsp3) is 0.292. The lowest BCUT2D eigenvalue weighted by atomic mass is 10.1. The van der Waals surface area contributed by atoms with Gasteiger partial charge in [-0.15, -0.1) is 10.2 Å². The molecule has 1 saturated heterocycles. The van der Waals surface area contributed by atoms with Crippen molar-refractivity contribution in [3.8, 4) is 17.0 Å². The fourth-order valence-corrected chi connectivity index (χ4v) is 4.18. The van der Waals surface area contributed by atoms with Crippen LogP contribution in [0.1, 0.15) is 12.5 Å². The van der Waals surface area contributed by atoms with E-state index in [-0.39, 0.29) is 5.91 Å². The van der Waals surface area contributed by atoms with Crippen molar-refractivity contribution >= 4 is 34.9 Å². The summed E-state index contributed by atoms with van der Waals surface area (Å²) >= 11 is 12.2. The normalized spacial score (nSPS) is 13.8. The summed E-state index contributed by atoms with van der Waals surface area (Å²) in [5, 5.41) is 9.83. The molecule has 4 rings (SSSR count). The Labute approximate surface area is 197 Å². The van der Waals surface area contributed by atoms with Gasteiger partial charge in [0.15, 0.2) is 5.82 Å². The number of nitrogens with zero attached hydrogens (tertiary/aromatic N) is 4. The van der Waals surface area contributed by atoms with E-state index < -0.39 is 0 Å². The lowest BCUT2D eigenvalue weighted by Gasteiger charge is -2.35. The number of carbonyl (C=O) groups is 1. The second kappa shape index (κ2) is 10.2. The lowest BCUT2D eigenvalue weighted by molar-refractivity contribution is -0.130. The SMILES string of the molecule is CCOc1ccc(CC(=O)N2CCN(c3ccc(-c4ccc(Cl)cc4Cl)nn3)CC2)cc1. The first kappa shape index (κ1) is 22.4. The van der Waals surface area contributed by atoms with Crippen molar-refractivity contribution in [3.05, 3.63) is 70.2 Å². The second-order valence-corrected chi connectivity index (χ2v) is 8.37. The molecule has 0 N–H and O–H groups in total. The van der Waals surface area contributed by atoms with E-state index in [9.17, 15) is 4.79 Å². The molecule has 2 heterocycles. The Morgan fingerprint density at radius 1 is 0.969 bits per heavy atom. The highest BCUT2D eigenvalue weighted by molar-refractivity contribution is 6.36. The molecule has 2 aromatic carbocycles. The predicted molar refractivity (Wildman–Crippen MR) is 128 cm³/mol. The third kappa shape index (κ3) is 5.31. The van der Waals surface area contributed by atoms with Crippen LogP contribution in [0.2, 0.25) is 10.0 Å². The van der Waals surface area contributed by atoms with Crippen LogP contribution in [0.3, 0.4) is 0 Å². The molecule has 0 unspecified atom stereocenters. The minimum absolute atomic E-state index is 0.132. The number of amides is 1. The first-order chi connectivity index (χ1) is 15.5. The fourth-order valence-electron chi connectivity index (χ4n) is 3.68. The maximum absolute atomic E-state index is 12.7. The van der Waals surface area contributed by atoms with Gasteiger partial charge in [-0.25, -0.2) is 0 Å². The summed E-state index contributed by atoms with van der Waals surface area (Å²) < 4.78 is 5.46. The first-order valence-corrected chi connectivity index (χ1v) is 11.3. The molecule has 1 aromatic heterocycles. The van der Waals surface area contributed by atoms with Crippen LogP contribution in [0, 0.1) is 0 Å². The third-order valence-electron chi connectivity index (χ3n) is 5.40. The molecule has 0 bridgehead atoms. The monoisotopic (exact) mass is 470 g/mol. The predicted octanol–water partition coefficient (Wildman–Crippen LogP) is 4.74. The van der Waals surface area contributed by atoms with Gasteiger partial charge in [-0.3, -0.25) is 4.79 Å².